The van der Waals surface area contributed by atoms with Gasteiger partial charge in [0, 0.05) is 51.0 Å². The van der Waals surface area contributed by atoms with Crippen LogP contribution in [0.4, 0.5) is 0 Å². The minimum Gasteiger partial charge on any atom is -0.457 e. The van der Waals surface area contributed by atoms with Crippen LogP contribution in [0.15, 0.2) is 146 Å². The van der Waals surface area contributed by atoms with Crippen LogP contribution in [0.1, 0.15) is 26.3 Å². The Kier molecular flexibility index (Phi) is 6.33. The first-order chi connectivity index (χ1) is 24.9. The van der Waals surface area contributed by atoms with E-state index in [1.165, 1.54) is 10.9 Å². The molecule has 5 heterocycles. The zero-order chi connectivity index (χ0) is 34.3. The fourth-order valence-electron chi connectivity index (χ4n) is 7.51. The first kappa shape index (κ1) is 29.4. The van der Waals surface area contributed by atoms with Gasteiger partial charge < -0.3 is 4.74 Å². The summed E-state index contributed by atoms with van der Waals surface area (Å²) < 4.78 is 11.5. The number of para-hydroxylation sites is 4. The molecule has 5 aromatic heterocycles. The van der Waals surface area contributed by atoms with Crippen LogP contribution in [0, 0.1) is 0 Å². The Hall–Kier alpha value is -6.53. The Morgan fingerprint density at radius 2 is 1.33 bits per heavy atom. The smallest absolute Gasteiger partial charge is 0.146 e. The van der Waals surface area contributed by atoms with Crippen molar-refractivity contribution in [3.8, 4) is 28.6 Å². The van der Waals surface area contributed by atoms with Crippen LogP contribution in [0.2, 0.25) is 0 Å². The molecule has 0 aliphatic carbocycles. The Balaban J connectivity index is 1.25. The van der Waals surface area contributed by atoms with Crippen LogP contribution in [0.5, 0.6) is 11.5 Å². The number of ether oxygens (including phenoxy) is 1. The number of nitrogens with zero attached hydrogens (tertiary/aromatic N) is 5. The molecule has 6 heteroatoms. The molecule has 0 N–H and O–H groups in total. The molecule has 6 nitrogen and oxygen atoms in total. The molecule has 0 amide bonds. The van der Waals surface area contributed by atoms with E-state index in [-0.39, 0.29) is 5.41 Å². The lowest BCUT2D eigenvalue weighted by Crippen LogP contribution is -2.11. The van der Waals surface area contributed by atoms with Crippen LogP contribution in [0.25, 0.3) is 77.2 Å². The molecule has 5 aromatic carbocycles. The van der Waals surface area contributed by atoms with Crippen LogP contribution < -0.4 is 4.74 Å². The molecule has 10 aromatic rings. The van der Waals surface area contributed by atoms with Crippen molar-refractivity contribution in [2.45, 2.75) is 26.2 Å². The average Bonchev–Trinajstić information content (AvgIpc) is 3.71. The van der Waals surface area contributed by atoms with E-state index in [4.69, 9.17) is 19.7 Å². The second kappa shape index (κ2) is 11.0. The lowest BCUT2D eigenvalue weighted by Gasteiger charge is -2.19. The van der Waals surface area contributed by atoms with E-state index in [1.807, 2.05) is 36.7 Å². The number of hydrogen-bond acceptors (Lipinski definition) is 4. The third kappa shape index (κ3) is 4.60. The SMILES string of the molecule is CC(C)(C)c1ccc(-c2cc(Oc3ccc4c5ccccc5n(-c5ccccn5)c4c3)c3c4ccccc4n4c5ccccc5nc4c3c2)nc1. The predicted octanol–water partition coefficient (Wildman–Crippen LogP) is 11.4. The molecular weight excluding hydrogens is 627 g/mol. The first-order valence-corrected chi connectivity index (χ1v) is 17.3. The second-order valence-electron chi connectivity index (χ2n) is 14.2. The lowest BCUT2D eigenvalue weighted by molar-refractivity contribution is 0.489. The Morgan fingerprint density at radius 1 is 0.588 bits per heavy atom. The number of fused-ring (bicyclic) bond motifs is 11. The maximum atomic E-state index is 7.06. The molecule has 0 atom stereocenters. The van der Waals surface area contributed by atoms with Gasteiger partial charge in [-0.25, -0.2) is 9.97 Å². The van der Waals surface area contributed by atoms with Gasteiger partial charge in [-0.05, 0) is 77.7 Å². The Morgan fingerprint density at radius 3 is 2.12 bits per heavy atom. The molecule has 0 fully saturated rings. The van der Waals surface area contributed by atoms with Crippen LogP contribution in [-0.2, 0) is 5.41 Å². The van der Waals surface area contributed by atoms with E-state index in [1.54, 1.807) is 0 Å². The van der Waals surface area contributed by atoms with Crippen molar-refractivity contribution in [1.82, 2.24) is 23.9 Å². The predicted molar refractivity (Wildman–Crippen MR) is 208 cm³/mol. The van der Waals surface area contributed by atoms with Gasteiger partial charge in [-0.3, -0.25) is 14.0 Å². The van der Waals surface area contributed by atoms with Crippen molar-refractivity contribution < 1.29 is 4.74 Å². The summed E-state index contributed by atoms with van der Waals surface area (Å²) >= 11 is 0. The molecule has 244 valence electrons. The van der Waals surface area contributed by atoms with Crippen LogP contribution >= 0.6 is 0 Å². The maximum absolute atomic E-state index is 7.06. The fourth-order valence-corrected chi connectivity index (χ4v) is 7.51. The molecule has 0 spiro atoms. The molecule has 0 saturated heterocycles. The molecule has 0 saturated carbocycles. The molecule has 0 aliphatic heterocycles. The van der Waals surface area contributed by atoms with Gasteiger partial charge in [0.2, 0.25) is 0 Å². The minimum atomic E-state index is 0.000597. The fraction of sp³-hybridized carbons (Fsp3) is 0.0889. The van der Waals surface area contributed by atoms with Gasteiger partial charge in [-0.15, -0.1) is 0 Å². The van der Waals surface area contributed by atoms with Crippen LogP contribution in [0.3, 0.4) is 0 Å². The molecule has 0 bridgehead atoms. The average molecular weight is 660 g/mol. The maximum Gasteiger partial charge on any atom is 0.146 e. The number of hydrogen-bond donors (Lipinski definition) is 0. The molecule has 0 aliphatic rings. The lowest BCUT2D eigenvalue weighted by atomic mass is 9.88. The number of rotatable bonds is 4. The summed E-state index contributed by atoms with van der Waals surface area (Å²) in [4.78, 5) is 14.9. The standard InChI is InChI=1S/C45H33N5O/c1-45(2,3)29-19-22-35(47-27-29)28-24-34-43(33-13-5-8-16-38(33)50-39-17-9-6-14-36(39)48-44(34)50)41(25-28)51-30-20-21-32-31-12-4-7-15-37(31)49(40(32)26-30)42-18-10-11-23-46-42/h4-27H,1-3H3. The highest BCUT2D eigenvalue weighted by molar-refractivity contribution is 6.17. The normalized spacial score (nSPS) is 12.2. The third-order valence-corrected chi connectivity index (χ3v) is 9.99. The summed E-state index contributed by atoms with van der Waals surface area (Å²) in [5.74, 6) is 2.34. The summed E-state index contributed by atoms with van der Waals surface area (Å²) in [7, 11) is 0. The van der Waals surface area contributed by atoms with Crippen molar-refractivity contribution >= 4 is 60.2 Å². The highest BCUT2D eigenvalue weighted by Crippen LogP contribution is 2.43. The summed E-state index contributed by atoms with van der Waals surface area (Å²) in [5.41, 5.74) is 9.13. The van der Waals surface area contributed by atoms with E-state index in [2.05, 4.69) is 139 Å². The summed E-state index contributed by atoms with van der Waals surface area (Å²) in [5, 5.41) is 5.41. The van der Waals surface area contributed by atoms with Gasteiger partial charge in [0.05, 0.1) is 33.3 Å². The largest absolute Gasteiger partial charge is 0.457 e. The quantitative estimate of drug-likeness (QED) is 0.176. The molecule has 51 heavy (non-hydrogen) atoms. The summed E-state index contributed by atoms with van der Waals surface area (Å²) in [6.07, 6.45) is 3.82. The third-order valence-electron chi connectivity index (χ3n) is 9.99. The van der Waals surface area contributed by atoms with E-state index < -0.39 is 0 Å². The van der Waals surface area contributed by atoms with Crippen molar-refractivity contribution in [2.75, 3.05) is 0 Å². The minimum absolute atomic E-state index is 0.000597. The van der Waals surface area contributed by atoms with Crippen molar-refractivity contribution in [3.05, 3.63) is 151 Å². The van der Waals surface area contributed by atoms with E-state index in [9.17, 15) is 0 Å². The van der Waals surface area contributed by atoms with Crippen molar-refractivity contribution in [3.63, 3.8) is 0 Å². The van der Waals surface area contributed by atoms with E-state index >= 15 is 0 Å². The Labute approximate surface area is 294 Å². The van der Waals surface area contributed by atoms with Gasteiger partial charge in [-0.1, -0.05) is 81.4 Å². The Bertz CT molecular complexity index is 2970. The number of aromatic nitrogens is 5. The molecule has 0 radical (unpaired) electrons. The molecule has 10 rings (SSSR count). The van der Waals surface area contributed by atoms with Gasteiger partial charge in [0.25, 0.3) is 0 Å². The van der Waals surface area contributed by atoms with Gasteiger partial charge in [0.15, 0.2) is 0 Å². The second-order valence-corrected chi connectivity index (χ2v) is 14.2. The number of imidazole rings is 1. The van der Waals surface area contributed by atoms with Crippen molar-refractivity contribution in [1.29, 1.82) is 0 Å². The monoisotopic (exact) mass is 659 g/mol. The van der Waals surface area contributed by atoms with Gasteiger partial charge in [0.1, 0.15) is 23.0 Å². The van der Waals surface area contributed by atoms with Gasteiger partial charge >= 0.3 is 0 Å². The summed E-state index contributed by atoms with van der Waals surface area (Å²) in [6, 6.07) is 46.3. The highest BCUT2D eigenvalue weighted by Gasteiger charge is 2.21. The van der Waals surface area contributed by atoms with Crippen LogP contribution in [-0.4, -0.2) is 23.9 Å². The van der Waals surface area contributed by atoms with E-state index in [0.29, 0.717) is 0 Å². The molecular formula is C45H33N5O. The number of benzene rings is 5. The first-order valence-electron chi connectivity index (χ1n) is 17.3. The molecule has 0 unspecified atom stereocenters. The highest BCUT2D eigenvalue weighted by atomic mass is 16.5. The van der Waals surface area contributed by atoms with E-state index in [0.717, 1.165) is 83.3 Å². The summed E-state index contributed by atoms with van der Waals surface area (Å²) in [6.45, 7) is 6.63. The zero-order valence-electron chi connectivity index (χ0n) is 28.5. The number of pyridine rings is 3. The zero-order valence-corrected chi connectivity index (χ0v) is 28.5. The van der Waals surface area contributed by atoms with Crippen molar-refractivity contribution in [2.24, 2.45) is 0 Å². The van der Waals surface area contributed by atoms with Gasteiger partial charge in [-0.2, -0.15) is 0 Å². The topological polar surface area (TPSA) is 57.2 Å².